The second-order valence-corrected chi connectivity index (χ2v) is 8.52. The Labute approximate surface area is 201 Å². The smallest absolute Gasteiger partial charge is 0.433 e. The number of aromatic amines is 1. The van der Waals surface area contributed by atoms with E-state index in [1.54, 1.807) is 19.3 Å². The number of nitrogens with zero attached hydrogens (tertiary/aromatic N) is 6. The van der Waals surface area contributed by atoms with Crippen LogP contribution in [0.1, 0.15) is 71.0 Å². The third-order valence-corrected chi connectivity index (χ3v) is 6.49. The number of ether oxygens (including phenoxy) is 1. The largest absolute Gasteiger partial charge is 0.494 e. The Morgan fingerprint density at radius 3 is 2.42 bits per heavy atom. The standard InChI is InChI=1S/C23H20F3N7O3/c1-11(12-3-6-17(27-7-12)23(24,25)26)33-21-18(16(10-34)32-33)22(35)31-20(30-21)15-5-4-14(15)19-28-8-13(36-2)9-29-19/h3,6-11,14-15H,4-5H2,1-2H3,(H,30,31,35)/t11-,14?,15?/m0/s1. The Kier molecular flexibility index (Phi) is 5.77. The predicted octanol–water partition coefficient (Wildman–Crippen LogP) is 3.42. The van der Waals surface area contributed by atoms with Crippen molar-refractivity contribution in [2.24, 2.45) is 0 Å². The molecule has 4 heterocycles. The molecule has 0 saturated heterocycles. The van der Waals surface area contributed by atoms with Gasteiger partial charge in [-0.2, -0.15) is 18.3 Å². The summed E-state index contributed by atoms with van der Waals surface area (Å²) < 4.78 is 45.2. The maximum atomic E-state index is 13.0. The fraction of sp³-hybridized carbons (Fsp3) is 0.348. The third kappa shape index (κ3) is 3.99. The van der Waals surface area contributed by atoms with E-state index in [9.17, 15) is 22.8 Å². The highest BCUT2D eigenvalue weighted by atomic mass is 19.4. The molecule has 1 aliphatic carbocycles. The van der Waals surface area contributed by atoms with Gasteiger partial charge in [-0.3, -0.25) is 14.6 Å². The molecule has 1 fully saturated rings. The van der Waals surface area contributed by atoms with E-state index < -0.39 is 23.5 Å². The van der Waals surface area contributed by atoms with Crippen LogP contribution in [-0.4, -0.2) is 48.1 Å². The van der Waals surface area contributed by atoms with Crippen molar-refractivity contribution >= 4 is 17.3 Å². The van der Waals surface area contributed by atoms with Gasteiger partial charge in [0.1, 0.15) is 28.4 Å². The molecule has 0 amide bonds. The topological polar surface area (TPSA) is 129 Å². The summed E-state index contributed by atoms with van der Waals surface area (Å²) in [4.78, 5) is 44.3. The van der Waals surface area contributed by atoms with Gasteiger partial charge >= 0.3 is 6.18 Å². The number of aromatic nitrogens is 7. The first-order chi connectivity index (χ1) is 17.2. The van der Waals surface area contributed by atoms with Crippen LogP contribution in [0.5, 0.6) is 5.75 Å². The lowest BCUT2D eigenvalue weighted by Crippen LogP contribution is -2.28. The summed E-state index contributed by atoms with van der Waals surface area (Å²) in [6, 6.07) is 1.50. The van der Waals surface area contributed by atoms with E-state index in [-0.39, 0.29) is 28.6 Å². The van der Waals surface area contributed by atoms with Gasteiger partial charge in [0.15, 0.2) is 17.7 Å². The van der Waals surface area contributed by atoms with Crippen LogP contribution in [0.4, 0.5) is 13.2 Å². The quantitative estimate of drug-likeness (QED) is 0.400. The van der Waals surface area contributed by atoms with Gasteiger partial charge in [0.05, 0.1) is 25.5 Å². The average Bonchev–Trinajstić information content (AvgIpc) is 3.22. The van der Waals surface area contributed by atoms with Crippen molar-refractivity contribution in [3.8, 4) is 5.75 Å². The Morgan fingerprint density at radius 2 is 1.86 bits per heavy atom. The molecule has 13 heteroatoms. The molecule has 0 radical (unpaired) electrons. The number of carbonyl (C=O) groups is 1. The summed E-state index contributed by atoms with van der Waals surface area (Å²) in [5.74, 6) is 1.29. The second-order valence-electron chi connectivity index (χ2n) is 8.52. The van der Waals surface area contributed by atoms with Crippen LogP contribution in [-0.2, 0) is 6.18 Å². The Bertz CT molecular complexity index is 1480. The van der Waals surface area contributed by atoms with Gasteiger partial charge < -0.3 is 9.72 Å². The molecule has 1 N–H and O–H groups in total. The average molecular weight is 499 g/mol. The molecule has 1 aliphatic rings. The van der Waals surface area contributed by atoms with Gasteiger partial charge in [-0.25, -0.2) is 19.6 Å². The molecule has 2 unspecified atom stereocenters. The van der Waals surface area contributed by atoms with Gasteiger partial charge in [-0.1, -0.05) is 6.07 Å². The van der Waals surface area contributed by atoms with Crippen LogP contribution in [0, 0.1) is 0 Å². The lowest BCUT2D eigenvalue weighted by atomic mass is 9.72. The number of alkyl halides is 3. The number of halogens is 3. The van der Waals surface area contributed by atoms with E-state index >= 15 is 0 Å². The first-order valence-corrected chi connectivity index (χ1v) is 11.1. The number of H-pyrrole nitrogens is 1. The summed E-state index contributed by atoms with van der Waals surface area (Å²) in [5, 5.41) is 4.25. The monoisotopic (exact) mass is 499 g/mol. The molecule has 36 heavy (non-hydrogen) atoms. The molecule has 0 aromatic carbocycles. The van der Waals surface area contributed by atoms with Crippen LogP contribution >= 0.6 is 0 Å². The number of hydrogen-bond acceptors (Lipinski definition) is 8. The molecule has 3 atom stereocenters. The van der Waals surface area contributed by atoms with Crippen molar-refractivity contribution in [2.75, 3.05) is 7.11 Å². The SMILES string of the molecule is COc1cnc(C2CCC2c2nc3c(c(C=O)nn3[C@@H](C)c3ccc(C(F)(F)F)nc3)c(=O)[nH]2)nc1. The van der Waals surface area contributed by atoms with Crippen LogP contribution in [0.3, 0.4) is 0 Å². The molecule has 0 aliphatic heterocycles. The van der Waals surface area contributed by atoms with Crippen molar-refractivity contribution in [1.82, 2.24) is 34.7 Å². The number of aldehydes is 1. The third-order valence-electron chi connectivity index (χ3n) is 6.49. The molecule has 186 valence electrons. The normalized spacial score (nSPS) is 18.6. The van der Waals surface area contributed by atoms with Crippen LogP contribution < -0.4 is 10.3 Å². The Hall–Kier alpha value is -4.16. The number of hydrogen-bond donors (Lipinski definition) is 1. The van der Waals surface area contributed by atoms with Gasteiger partial charge in [0.25, 0.3) is 5.56 Å². The predicted molar refractivity (Wildman–Crippen MR) is 120 cm³/mol. The van der Waals surface area contributed by atoms with E-state index in [1.807, 2.05) is 0 Å². The van der Waals surface area contributed by atoms with Crippen molar-refractivity contribution in [3.63, 3.8) is 0 Å². The van der Waals surface area contributed by atoms with E-state index in [4.69, 9.17) is 4.74 Å². The van der Waals surface area contributed by atoms with E-state index in [2.05, 4.69) is 30.0 Å². The van der Waals surface area contributed by atoms with Gasteiger partial charge in [0, 0.05) is 18.0 Å². The molecular formula is C23H20F3N7O3. The molecule has 4 aromatic heterocycles. The number of methoxy groups -OCH3 is 1. The van der Waals surface area contributed by atoms with Crippen LogP contribution in [0.2, 0.25) is 0 Å². The number of pyridine rings is 1. The van der Waals surface area contributed by atoms with Crippen molar-refractivity contribution in [1.29, 1.82) is 0 Å². The molecule has 5 rings (SSSR count). The Balaban J connectivity index is 1.54. The maximum absolute atomic E-state index is 13.0. The minimum Gasteiger partial charge on any atom is -0.494 e. The highest BCUT2D eigenvalue weighted by Crippen LogP contribution is 2.46. The highest BCUT2D eigenvalue weighted by Gasteiger charge is 2.38. The zero-order valence-corrected chi connectivity index (χ0v) is 19.2. The van der Waals surface area contributed by atoms with E-state index in [0.29, 0.717) is 29.2 Å². The summed E-state index contributed by atoms with van der Waals surface area (Å²) in [5.41, 5.74) is -1.10. The molecule has 4 aromatic rings. The van der Waals surface area contributed by atoms with E-state index in [1.165, 1.54) is 17.9 Å². The molecule has 1 saturated carbocycles. The molecule has 0 spiro atoms. The van der Waals surface area contributed by atoms with Crippen molar-refractivity contribution < 1.29 is 22.7 Å². The summed E-state index contributed by atoms with van der Waals surface area (Å²) in [6.45, 7) is 1.67. The van der Waals surface area contributed by atoms with Crippen LogP contribution in [0.15, 0.2) is 35.5 Å². The van der Waals surface area contributed by atoms with Crippen molar-refractivity contribution in [3.05, 3.63) is 69.7 Å². The first-order valence-electron chi connectivity index (χ1n) is 11.1. The minimum absolute atomic E-state index is 0.0111. The van der Waals surface area contributed by atoms with Gasteiger partial charge in [0.2, 0.25) is 0 Å². The van der Waals surface area contributed by atoms with Crippen LogP contribution in [0.25, 0.3) is 11.0 Å². The molecule has 10 nitrogen and oxygen atoms in total. The fourth-order valence-corrected chi connectivity index (χ4v) is 4.34. The summed E-state index contributed by atoms with van der Waals surface area (Å²) >= 11 is 0. The summed E-state index contributed by atoms with van der Waals surface area (Å²) in [6.07, 6.45) is 1.65. The highest BCUT2D eigenvalue weighted by molar-refractivity contribution is 5.93. The van der Waals surface area contributed by atoms with Gasteiger partial charge in [-0.15, -0.1) is 0 Å². The molecule has 0 bridgehead atoms. The lowest BCUT2D eigenvalue weighted by Gasteiger charge is -2.34. The molecular weight excluding hydrogens is 479 g/mol. The number of nitrogens with one attached hydrogen (secondary N) is 1. The van der Waals surface area contributed by atoms with Crippen molar-refractivity contribution in [2.45, 2.75) is 43.8 Å². The fourth-order valence-electron chi connectivity index (χ4n) is 4.34. The maximum Gasteiger partial charge on any atom is 0.433 e. The number of carbonyl (C=O) groups excluding carboxylic acids is 1. The summed E-state index contributed by atoms with van der Waals surface area (Å²) in [7, 11) is 1.52. The second kappa shape index (κ2) is 8.81. The van der Waals surface area contributed by atoms with E-state index in [0.717, 1.165) is 25.1 Å². The minimum atomic E-state index is -4.57. The first kappa shape index (κ1) is 23.6. The Morgan fingerprint density at radius 1 is 1.14 bits per heavy atom. The number of rotatable bonds is 6. The zero-order chi connectivity index (χ0) is 25.6. The number of fused-ring (bicyclic) bond motifs is 1. The lowest BCUT2D eigenvalue weighted by molar-refractivity contribution is -0.141. The zero-order valence-electron chi connectivity index (χ0n) is 19.2. The van der Waals surface area contributed by atoms with Gasteiger partial charge in [-0.05, 0) is 31.4 Å².